The highest BCUT2D eigenvalue weighted by atomic mass is 16.6. The van der Waals surface area contributed by atoms with Gasteiger partial charge in [-0.05, 0) is 26.8 Å². The third kappa shape index (κ3) is 6.21. The number of hydrogen-bond acceptors (Lipinski definition) is 6. The van der Waals surface area contributed by atoms with Crippen molar-refractivity contribution in [3.8, 4) is 0 Å². The Hall–Kier alpha value is -2.97. The molecule has 1 N–H and O–H groups in total. The van der Waals surface area contributed by atoms with E-state index in [1.165, 1.54) is 11.9 Å². The number of hydrogen-bond donors (Lipinski definition) is 1. The summed E-state index contributed by atoms with van der Waals surface area (Å²) < 4.78 is 5.13. The summed E-state index contributed by atoms with van der Waals surface area (Å²) in [5.41, 5.74) is -1.64. The van der Waals surface area contributed by atoms with E-state index in [-0.39, 0.29) is 24.1 Å². The van der Waals surface area contributed by atoms with Gasteiger partial charge in [0.25, 0.3) is 11.6 Å². The molecule has 0 fully saturated rings. The largest absolute Gasteiger partial charge is 0.478 e. The van der Waals surface area contributed by atoms with Crippen molar-refractivity contribution in [3.63, 3.8) is 0 Å². The lowest BCUT2D eigenvalue weighted by molar-refractivity contribution is -0.384. The van der Waals surface area contributed by atoms with Crippen LogP contribution in [0.25, 0.3) is 0 Å². The average Bonchev–Trinajstić information content (AvgIpc) is 2.49. The number of rotatable bonds is 6. The Kier molecular flexibility index (Phi) is 6.21. The minimum Gasteiger partial charge on any atom is -0.478 e. The maximum Gasteiger partial charge on any atom is 0.335 e. The van der Waals surface area contributed by atoms with E-state index in [4.69, 9.17) is 9.84 Å². The van der Waals surface area contributed by atoms with Gasteiger partial charge in [-0.2, -0.15) is 0 Å². The molecule has 1 amide bonds. The number of nitrogens with zero attached hydrogens (tertiary/aromatic N) is 2. The highest BCUT2D eigenvalue weighted by Gasteiger charge is 2.21. The van der Waals surface area contributed by atoms with Crippen molar-refractivity contribution < 1.29 is 29.2 Å². The van der Waals surface area contributed by atoms with E-state index in [2.05, 4.69) is 0 Å². The molecule has 0 aliphatic rings. The molecule has 9 nitrogen and oxygen atoms in total. The second kappa shape index (κ2) is 7.73. The van der Waals surface area contributed by atoms with Crippen LogP contribution in [0, 0.1) is 10.1 Å². The number of carbonyl (C=O) groups excluding carboxylic acids is 2. The summed E-state index contributed by atoms with van der Waals surface area (Å²) in [6.07, 6.45) is -0.0553. The Morgan fingerprint density at radius 3 is 2.24 bits per heavy atom. The van der Waals surface area contributed by atoms with Crippen LogP contribution in [-0.2, 0) is 9.53 Å². The molecule has 25 heavy (non-hydrogen) atoms. The van der Waals surface area contributed by atoms with Crippen LogP contribution in [-0.4, -0.2) is 52.0 Å². The summed E-state index contributed by atoms with van der Waals surface area (Å²) >= 11 is 0. The maximum absolute atomic E-state index is 12.4. The van der Waals surface area contributed by atoms with E-state index in [0.29, 0.717) is 0 Å². The van der Waals surface area contributed by atoms with Gasteiger partial charge in [0.2, 0.25) is 0 Å². The van der Waals surface area contributed by atoms with Crippen LogP contribution in [0.1, 0.15) is 47.9 Å². The monoisotopic (exact) mass is 352 g/mol. The molecule has 0 radical (unpaired) electrons. The third-order valence-corrected chi connectivity index (χ3v) is 3.04. The molecule has 0 heterocycles. The summed E-state index contributed by atoms with van der Waals surface area (Å²) in [5, 5.41) is 19.9. The Morgan fingerprint density at radius 1 is 1.20 bits per heavy atom. The van der Waals surface area contributed by atoms with Gasteiger partial charge in [-0.25, -0.2) is 4.79 Å². The molecule has 0 saturated carbocycles. The lowest BCUT2D eigenvalue weighted by atomic mass is 10.1. The van der Waals surface area contributed by atoms with Gasteiger partial charge in [0.1, 0.15) is 5.60 Å². The molecular weight excluding hydrogens is 332 g/mol. The standard InChI is InChI=1S/C16H20N2O7/c1-16(2,3)25-13(19)5-6-17(4)14(20)10-7-11(15(21)22)9-12(8-10)18(23)24/h7-9H,5-6H2,1-4H3,(H,21,22). The van der Waals surface area contributed by atoms with Gasteiger partial charge in [0.15, 0.2) is 0 Å². The van der Waals surface area contributed by atoms with Crippen LogP contribution >= 0.6 is 0 Å². The molecule has 1 rings (SSSR count). The highest BCUT2D eigenvalue weighted by Crippen LogP contribution is 2.19. The van der Waals surface area contributed by atoms with Crippen molar-refractivity contribution in [1.82, 2.24) is 4.90 Å². The molecule has 0 bridgehead atoms. The van der Waals surface area contributed by atoms with Gasteiger partial charge in [-0.1, -0.05) is 0 Å². The van der Waals surface area contributed by atoms with E-state index < -0.39 is 34.1 Å². The van der Waals surface area contributed by atoms with Crippen molar-refractivity contribution in [2.45, 2.75) is 32.8 Å². The number of non-ortho nitro benzene ring substituents is 1. The molecule has 0 aliphatic heterocycles. The first-order valence-electron chi connectivity index (χ1n) is 7.41. The first-order valence-corrected chi connectivity index (χ1v) is 7.41. The number of amides is 1. The molecule has 9 heteroatoms. The van der Waals surface area contributed by atoms with E-state index in [1.807, 2.05) is 0 Å². The van der Waals surface area contributed by atoms with Crippen molar-refractivity contribution in [3.05, 3.63) is 39.4 Å². The molecule has 1 aromatic carbocycles. The molecule has 0 saturated heterocycles. The highest BCUT2D eigenvalue weighted by molar-refractivity contribution is 5.98. The van der Waals surface area contributed by atoms with Crippen molar-refractivity contribution in [1.29, 1.82) is 0 Å². The quantitative estimate of drug-likeness (QED) is 0.472. The molecule has 0 unspecified atom stereocenters. The van der Waals surface area contributed by atoms with Crippen molar-refractivity contribution >= 4 is 23.5 Å². The fourth-order valence-corrected chi connectivity index (χ4v) is 1.94. The zero-order valence-corrected chi connectivity index (χ0v) is 14.4. The Morgan fingerprint density at radius 2 is 1.76 bits per heavy atom. The molecule has 0 aromatic heterocycles. The second-order valence-electron chi connectivity index (χ2n) is 6.39. The first-order chi connectivity index (χ1) is 11.4. The SMILES string of the molecule is CN(CCC(=O)OC(C)(C)C)C(=O)c1cc(C(=O)O)cc([N+](=O)[O-])c1. The van der Waals surface area contributed by atoms with E-state index in [9.17, 15) is 24.5 Å². The van der Waals surface area contributed by atoms with Crippen LogP contribution in [0.15, 0.2) is 18.2 Å². The first kappa shape index (κ1) is 20.1. The van der Waals surface area contributed by atoms with Crippen LogP contribution in [0.5, 0.6) is 0 Å². The van der Waals surface area contributed by atoms with E-state index in [1.54, 1.807) is 20.8 Å². The minimum atomic E-state index is -1.38. The van der Waals surface area contributed by atoms with Gasteiger partial charge in [-0.15, -0.1) is 0 Å². The van der Waals surface area contributed by atoms with E-state index in [0.717, 1.165) is 18.2 Å². The zero-order chi connectivity index (χ0) is 19.4. The zero-order valence-electron chi connectivity index (χ0n) is 14.4. The number of nitro benzene ring substituents is 1. The van der Waals surface area contributed by atoms with Gasteiger partial charge < -0.3 is 14.7 Å². The lowest BCUT2D eigenvalue weighted by Crippen LogP contribution is -2.31. The van der Waals surface area contributed by atoms with Crippen LogP contribution in [0.2, 0.25) is 0 Å². The number of carboxylic acid groups (broad SMARTS) is 1. The molecular formula is C16H20N2O7. The van der Waals surface area contributed by atoms with E-state index >= 15 is 0 Å². The number of nitro groups is 1. The molecule has 0 spiro atoms. The average molecular weight is 352 g/mol. The normalized spacial score (nSPS) is 10.9. The Bertz CT molecular complexity index is 675. The van der Waals surface area contributed by atoms with Gasteiger partial charge in [-0.3, -0.25) is 19.7 Å². The number of aromatic carboxylic acids is 1. The van der Waals surface area contributed by atoms with Gasteiger partial charge in [0, 0.05) is 31.3 Å². The van der Waals surface area contributed by atoms with Gasteiger partial charge in [0.05, 0.1) is 16.9 Å². The minimum absolute atomic E-state index is 0.0266. The maximum atomic E-state index is 12.4. The molecule has 136 valence electrons. The summed E-state index contributed by atoms with van der Waals surface area (Å²) in [6.45, 7) is 5.18. The van der Waals surface area contributed by atoms with Crippen LogP contribution in [0.4, 0.5) is 5.69 Å². The van der Waals surface area contributed by atoms with Gasteiger partial charge >= 0.3 is 11.9 Å². The fraction of sp³-hybridized carbons (Fsp3) is 0.438. The summed E-state index contributed by atoms with van der Waals surface area (Å²) in [5.74, 6) is -2.50. The Balaban J connectivity index is 2.89. The molecule has 0 aliphatic carbocycles. The smallest absolute Gasteiger partial charge is 0.335 e. The van der Waals surface area contributed by atoms with Crippen LogP contribution < -0.4 is 0 Å². The summed E-state index contributed by atoms with van der Waals surface area (Å²) in [6, 6.07) is 2.93. The molecule has 1 aromatic rings. The summed E-state index contributed by atoms with van der Waals surface area (Å²) in [7, 11) is 1.41. The number of ether oxygens (including phenoxy) is 1. The Labute approximate surface area is 144 Å². The second-order valence-corrected chi connectivity index (χ2v) is 6.39. The number of carboxylic acids is 1. The predicted molar refractivity (Wildman–Crippen MR) is 87.5 cm³/mol. The fourth-order valence-electron chi connectivity index (χ4n) is 1.94. The lowest BCUT2D eigenvalue weighted by Gasteiger charge is -2.21. The number of benzene rings is 1. The third-order valence-electron chi connectivity index (χ3n) is 3.04. The predicted octanol–water partition coefficient (Wildman–Crippen LogP) is 2.10. The number of esters is 1. The number of carbonyl (C=O) groups is 3. The van der Waals surface area contributed by atoms with Crippen molar-refractivity contribution in [2.24, 2.45) is 0 Å². The van der Waals surface area contributed by atoms with Crippen LogP contribution in [0.3, 0.4) is 0 Å². The van der Waals surface area contributed by atoms with Crippen molar-refractivity contribution in [2.75, 3.05) is 13.6 Å². The summed E-state index contributed by atoms with van der Waals surface area (Å²) in [4.78, 5) is 46.4. The topological polar surface area (TPSA) is 127 Å². The molecule has 0 atom stereocenters.